The fourth-order valence-corrected chi connectivity index (χ4v) is 6.16. The Morgan fingerprint density at radius 3 is 1.90 bits per heavy atom. The van der Waals surface area contributed by atoms with Crippen molar-refractivity contribution in [3.63, 3.8) is 0 Å². The number of sulfonamides is 2. The molecule has 0 radical (unpaired) electrons. The molecule has 0 aliphatic heterocycles. The zero-order chi connectivity index (χ0) is 28.9. The van der Waals surface area contributed by atoms with Gasteiger partial charge in [-0.3, -0.25) is 13.8 Å². The second-order valence-corrected chi connectivity index (χ2v) is 12.3. The monoisotopic (exact) mass is 583 g/mol. The number of hydrogen-bond acceptors (Lipinski definition) is 6. The molecule has 0 atom stereocenters. The third-order valence-electron chi connectivity index (χ3n) is 5.80. The molecule has 12 heteroatoms. The van der Waals surface area contributed by atoms with Crippen LogP contribution in [0.4, 0.5) is 21.5 Å². The Kier molecular flexibility index (Phi) is 8.40. The van der Waals surface area contributed by atoms with E-state index in [1.807, 2.05) is 6.92 Å². The Labute approximate surface area is 232 Å². The third kappa shape index (κ3) is 6.77. The minimum Gasteiger partial charge on any atom is -0.497 e. The molecule has 4 rings (SSSR count). The van der Waals surface area contributed by atoms with Gasteiger partial charge in [0.2, 0.25) is 5.91 Å². The Morgan fingerprint density at radius 2 is 1.32 bits per heavy atom. The minimum absolute atomic E-state index is 0.0233. The lowest BCUT2D eigenvalue weighted by Gasteiger charge is -2.24. The average Bonchev–Trinajstić information content (AvgIpc) is 2.94. The number of halogens is 1. The molecule has 0 aliphatic carbocycles. The zero-order valence-corrected chi connectivity index (χ0v) is 23.2. The fraction of sp³-hybridized carbons (Fsp3) is 0.107. The second-order valence-electron chi connectivity index (χ2n) is 8.71. The van der Waals surface area contributed by atoms with Crippen LogP contribution in [0.2, 0.25) is 0 Å². The molecule has 0 aromatic heterocycles. The van der Waals surface area contributed by atoms with Gasteiger partial charge in [0.15, 0.2) is 0 Å². The highest BCUT2D eigenvalue weighted by Gasteiger charge is 2.27. The maximum absolute atomic E-state index is 13.5. The summed E-state index contributed by atoms with van der Waals surface area (Å²) < 4.78 is 74.0. The summed E-state index contributed by atoms with van der Waals surface area (Å²) in [6, 6.07) is 22.7. The predicted molar refractivity (Wildman–Crippen MR) is 151 cm³/mol. The van der Waals surface area contributed by atoms with E-state index in [0.29, 0.717) is 11.4 Å². The summed E-state index contributed by atoms with van der Waals surface area (Å²) in [6.45, 7) is 1.32. The van der Waals surface area contributed by atoms with Crippen molar-refractivity contribution in [1.82, 2.24) is 0 Å². The molecule has 0 spiro atoms. The van der Waals surface area contributed by atoms with Crippen molar-refractivity contribution in [2.24, 2.45) is 0 Å². The van der Waals surface area contributed by atoms with Crippen LogP contribution in [0, 0.1) is 12.7 Å². The zero-order valence-electron chi connectivity index (χ0n) is 21.5. The van der Waals surface area contributed by atoms with E-state index in [1.54, 1.807) is 24.3 Å². The first kappa shape index (κ1) is 28.6. The molecule has 4 aromatic rings. The SMILES string of the molecule is COc1ccc(S(=O)(=O)N(CC(=O)Nc2ccc(S(=O)(=O)Nc3ccc(F)cc3)cc2)c2ccc(C)cc2)cc1. The number of methoxy groups -OCH3 is 1. The van der Waals surface area contributed by atoms with Gasteiger partial charge < -0.3 is 10.1 Å². The van der Waals surface area contributed by atoms with E-state index in [1.165, 1.54) is 67.8 Å². The largest absolute Gasteiger partial charge is 0.497 e. The van der Waals surface area contributed by atoms with Gasteiger partial charge in [0.25, 0.3) is 20.0 Å². The molecule has 0 aliphatic rings. The quantitative estimate of drug-likeness (QED) is 0.277. The molecular formula is C28H26FN3O6S2. The van der Waals surface area contributed by atoms with Gasteiger partial charge in [-0.15, -0.1) is 0 Å². The van der Waals surface area contributed by atoms with Gasteiger partial charge in [0.05, 0.1) is 22.6 Å². The summed E-state index contributed by atoms with van der Waals surface area (Å²) in [7, 11) is -6.63. The van der Waals surface area contributed by atoms with E-state index in [0.717, 1.165) is 22.0 Å². The van der Waals surface area contributed by atoms with Gasteiger partial charge in [-0.25, -0.2) is 21.2 Å². The van der Waals surface area contributed by atoms with Crippen LogP contribution in [0.5, 0.6) is 5.75 Å². The van der Waals surface area contributed by atoms with Gasteiger partial charge in [-0.2, -0.15) is 0 Å². The Balaban J connectivity index is 1.52. The van der Waals surface area contributed by atoms with E-state index >= 15 is 0 Å². The molecule has 0 heterocycles. The molecule has 0 fully saturated rings. The summed E-state index contributed by atoms with van der Waals surface area (Å²) in [5, 5.41) is 2.61. The lowest BCUT2D eigenvalue weighted by atomic mass is 10.2. The second kappa shape index (κ2) is 11.8. The van der Waals surface area contributed by atoms with E-state index in [9.17, 15) is 26.0 Å². The summed E-state index contributed by atoms with van der Waals surface area (Å²) in [5.74, 6) is -0.657. The Morgan fingerprint density at radius 1 is 0.775 bits per heavy atom. The highest BCUT2D eigenvalue weighted by molar-refractivity contribution is 7.93. The molecule has 0 unspecified atom stereocenters. The molecule has 40 heavy (non-hydrogen) atoms. The first-order chi connectivity index (χ1) is 19.0. The third-order valence-corrected chi connectivity index (χ3v) is 8.99. The number of ether oxygens (including phenoxy) is 1. The molecule has 4 aromatic carbocycles. The Bertz CT molecular complexity index is 1690. The van der Waals surface area contributed by atoms with Crippen molar-refractivity contribution in [1.29, 1.82) is 0 Å². The number of carbonyl (C=O) groups excluding carboxylic acids is 1. The molecule has 208 valence electrons. The number of nitrogens with zero attached hydrogens (tertiary/aromatic N) is 1. The number of nitrogens with one attached hydrogen (secondary N) is 2. The summed E-state index contributed by atoms with van der Waals surface area (Å²) in [6.07, 6.45) is 0. The normalized spacial score (nSPS) is 11.5. The summed E-state index contributed by atoms with van der Waals surface area (Å²) in [5.41, 5.74) is 1.66. The minimum atomic E-state index is -4.13. The average molecular weight is 584 g/mol. The maximum Gasteiger partial charge on any atom is 0.264 e. The van der Waals surface area contributed by atoms with Crippen molar-refractivity contribution in [2.75, 3.05) is 28.0 Å². The van der Waals surface area contributed by atoms with Crippen molar-refractivity contribution in [3.05, 3.63) is 108 Å². The van der Waals surface area contributed by atoms with Crippen LogP contribution in [0.1, 0.15) is 5.56 Å². The summed E-state index contributed by atoms with van der Waals surface area (Å²) in [4.78, 5) is 12.9. The highest BCUT2D eigenvalue weighted by atomic mass is 32.2. The first-order valence-electron chi connectivity index (χ1n) is 11.9. The first-order valence-corrected chi connectivity index (χ1v) is 14.8. The topological polar surface area (TPSA) is 122 Å². The number of amides is 1. The maximum atomic E-state index is 13.5. The van der Waals surface area contributed by atoms with Crippen LogP contribution in [-0.4, -0.2) is 36.4 Å². The number of carbonyl (C=O) groups is 1. The van der Waals surface area contributed by atoms with Crippen LogP contribution in [0.15, 0.2) is 107 Å². The van der Waals surface area contributed by atoms with E-state index in [2.05, 4.69) is 10.0 Å². The van der Waals surface area contributed by atoms with E-state index in [4.69, 9.17) is 4.74 Å². The number of hydrogen-bond donors (Lipinski definition) is 2. The molecule has 2 N–H and O–H groups in total. The van der Waals surface area contributed by atoms with Gasteiger partial charge in [0.1, 0.15) is 18.1 Å². The van der Waals surface area contributed by atoms with E-state index in [-0.39, 0.29) is 21.2 Å². The van der Waals surface area contributed by atoms with Gasteiger partial charge in [-0.1, -0.05) is 17.7 Å². The van der Waals surface area contributed by atoms with Crippen molar-refractivity contribution in [3.8, 4) is 5.75 Å². The van der Waals surface area contributed by atoms with Crippen molar-refractivity contribution < 1.29 is 30.8 Å². The van der Waals surface area contributed by atoms with Crippen molar-refractivity contribution in [2.45, 2.75) is 16.7 Å². The summed E-state index contributed by atoms with van der Waals surface area (Å²) >= 11 is 0. The van der Waals surface area contributed by atoms with Crippen LogP contribution in [-0.2, 0) is 24.8 Å². The predicted octanol–water partition coefficient (Wildman–Crippen LogP) is 4.78. The van der Waals surface area contributed by atoms with Crippen LogP contribution < -0.4 is 19.1 Å². The number of rotatable bonds is 10. The molecular weight excluding hydrogens is 557 g/mol. The number of aryl methyl sites for hydroxylation is 1. The van der Waals surface area contributed by atoms with E-state index < -0.39 is 38.3 Å². The lowest BCUT2D eigenvalue weighted by Crippen LogP contribution is -2.38. The van der Waals surface area contributed by atoms with Crippen LogP contribution in [0.3, 0.4) is 0 Å². The molecule has 0 saturated heterocycles. The van der Waals surface area contributed by atoms with Gasteiger partial charge in [-0.05, 0) is 91.9 Å². The van der Waals surface area contributed by atoms with Crippen LogP contribution >= 0.6 is 0 Å². The number of benzene rings is 4. The molecule has 0 bridgehead atoms. The molecule has 9 nitrogen and oxygen atoms in total. The van der Waals surface area contributed by atoms with Gasteiger partial charge in [0, 0.05) is 11.4 Å². The smallest absolute Gasteiger partial charge is 0.264 e. The Hall–Kier alpha value is -4.42. The standard InChI is InChI=1S/C28H26FN3O6S2/c1-20-3-11-24(12-4-20)32(40(36,37)27-17-13-25(38-2)14-18-27)19-28(33)30-22-9-15-26(16-10-22)39(34,35)31-23-7-5-21(29)6-8-23/h3-18,31H,19H2,1-2H3,(H,30,33). The molecule has 1 amide bonds. The van der Waals surface area contributed by atoms with Crippen molar-refractivity contribution >= 4 is 43.0 Å². The fourth-order valence-electron chi connectivity index (χ4n) is 3.68. The van der Waals surface area contributed by atoms with Gasteiger partial charge >= 0.3 is 0 Å². The highest BCUT2D eigenvalue weighted by Crippen LogP contribution is 2.26. The van der Waals surface area contributed by atoms with Crippen LogP contribution in [0.25, 0.3) is 0 Å². The molecule has 0 saturated carbocycles. The number of anilines is 3. The lowest BCUT2D eigenvalue weighted by molar-refractivity contribution is -0.114.